The molecular formula is C22H20F2N4O2. The molecule has 0 aliphatic heterocycles. The number of benzene rings is 2. The number of aromatic nitrogens is 2. The highest BCUT2D eigenvalue weighted by Gasteiger charge is 2.34. The minimum Gasteiger partial charge on any atom is -0.368 e. The zero-order valence-electron chi connectivity index (χ0n) is 16.0. The van der Waals surface area contributed by atoms with Crippen molar-refractivity contribution in [2.24, 2.45) is 5.73 Å². The molecule has 1 aliphatic carbocycles. The van der Waals surface area contributed by atoms with Crippen LogP contribution in [0.4, 0.5) is 8.78 Å². The van der Waals surface area contributed by atoms with E-state index in [9.17, 15) is 18.4 Å². The van der Waals surface area contributed by atoms with Gasteiger partial charge in [0.1, 0.15) is 24.5 Å². The van der Waals surface area contributed by atoms with Crippen LogP contribution in [0.5, 0.6) is 0 Å². The van der Waals surface area contributed by atoms with Gasteiger partial charge in [-0.2, -0.15) is 0 Å². The van der Waals surface area contributed by atoms with E-state index in [0.29, 0.717) is 24.0 Å². The molecule has 0 saturated carbocycles. The van der Waals surface area contributed by atoms with E-state index >= 15 is 0 Å². The van der Waals surface area contributed by atoms with Crippen molar-refractivity contribution in [3.05, 3.63) is 95.6 Å². The Morgan fingerprint density at radius 1 is 1.03 bits per heavy atom. The molecule has 1 atom stereocenters. The number of nitrogens with zero attached hydrogens (tertiary/aromatic N) is 3. The number of halogens is 2. The number of hydrogen-bond acceptors (Lipinski definition) is 4. The summed E-state index contributed by atoms with van der Waals surface area (Å²) < 4.78 is 27.5. The van der Waals surface area contributed by atoms with Gasteiger partial charge in [-0.25, -0.2) is 18.7 Å². The number of hydrogen-bond donors (Lipinski definition) is 1. The minimum absolute atomic E-state index is 0.170. The van der Waals surface area contributed by atoms with E-state index in [1.54, 1.807) is 0 Å². The lowest BCUT2D eigenvalue weighted by molar-refractivity contribution is -0.119. The molecule has 0 saturated heterocycles. The van der Waals surface area contributed by atoms with Crippen molar-refractivity contribution < 1.29 is 18.4 Å². The molecule has 2 amide bonds. The summed E-state index contributed by atoms with van der Waals surface area (Å²) in [4.78, 5) is 32.9. The molecular weight excluding hydrogens is 390 g/mol. The summed E-state index contributed by atoms with van der Waals surface area (Å²) in [6.45, 7) is -0.365. The third-order valence-electron chi connectivity index (χ3n) is 4.66. The Morgan fingerprint density at radius 2 is 1.63 bits per heavy atom. The van der Waals surface area contributed by atoms with Crippen LogP contribution in [0, 0.1) is 11.6 Å². The van der Waals surface area contributed by atoms with Crippen molar-refractivity contribution >= 4 is 11.8 Å². The molecule has 30 heavy (non-hydrogen) atoms. The van der Waals surface area contributed by atoms with Gasteiger partial charge in [0.25, 0.3) is 5.91 Å². The summed E-state index contributed by atoms with van der Waals surface area (Å²) in [5.74, 6) is -2.61. The van der Waals surface area contributed by atoms with Crippen LogP contribution in [0.3, 0.4) is 0 Å². The zero-order chi connectivity index (χ0) is 21.5. The van der Waals surface area contributed by atoms with Gasteiger partial charge in [0.05, 0.1) is 11.6 Å². The second-order valence-electron chi connectivity index (χ2n) is 6.69. The van der Waals surface area contributed by atoms with Crippen LogP contribution in [-0.2, 0) is 11.2 Å². The Bertz CT molecular complexity index is 990. The van der Waals surface area contributed by atoms with Gasteiger partial charge in [-0.15, -0.1) is 0 Å². The van der Waals surface area contributed by atoms with Crippen LogP contribution in [0.25, 0.3) is 0 Å². The molecule has 1 aliphatic rings. The maximum Gasteiger partial charge on any atom is 0.257 e. The number of rotatable bonds is 4. The summed E-state index contributed by atoms with van der Waals surface area (Å²) in [6, 6.07) is 13.4. The lowest BCUT2D eigenvalue weighted by Gasteiger charge is -2.28. The molecule has 4 rings (SSSR count). The van der Waals surface area contributed by atoms with E-state index < -0.39 is 29.5 Å². The van der Waals surface area contributed by atoms with Crippen molar-refractivity contribution in [2.75, 3.05) is 6.54 Å². The topological polar surface area (TPSA) is 89.2 Å². The molecule has 3 aromatic rings. The number of nitrogens with two attached hydrogens (primary N) is 1. The van der Waals surface area contributed by atoms with Gasteiger partial charge in [-0.3, -0.25) is 9.59 Å². The van der Waals surface area contributed by atoms with Crippen LogP contribution in [0.1, 0.15) is 33.9 Å². The van der Waals surface area contributed by atoms with Gasteiger partial charge in [0.15, 0.2) is 0 Å². The third-order valence-corrected chi connectivity index (χ3v) is 4.66. The number of carbonyl (C=O) groups is 2. The molecule has 1 unspecified atom stereocenters. The first kappa shape index (κ1) is 21.0. The number of fused-ring (bicyclic) bond motifs is 1. The smallest absolute Gasteiger partial charge is 0.257 e. The summed E-state index contributed by atoms with van der Waals surface area (Å²) >= 11 is 0. The first-order chi connectivity index (χ1) is 14.5. The first-order valence-electron chi connectivity index (χ1n) is 9.29. The van der Waals surface area contributed by atoms with E-state index in [1.165, 1.54) is 29.7 Å². The SMILES string of the molecule is NC(=O)CN(C(=O)c1cncnc1)C1CCc2c(F)cc(F)cc21.c1ccccc1. The van der Waals surface area contributed by atoms with E-state index in [2.05, 4.69) is 9.97 Å². The zero-order valence-corrected chi connectivity index (χ0v) is 16.0. The highest BCUT2D eigenvalue weighted by molar-refractivity contribution is 5.96. The largest absolute Gasteiger partial charge is 0.368 e. The highest BCUT2D eigenvalue weighted by atomic mass is 19.1. The van der Waals surface area contributed by atoms with Crippen LogP contribution >= 0.6 is 0 Å². The average molecular weight is 410 g/mol. The van der Waals surface area contributed by atoms with E-state index in [1.807, 2.05) is 36.4 Å². The molecule has 0 spiro atoms. The number of amides is 2. The van der Waals surface area contributed by atoms with Crippen molar-refractivity contribution in [1.29, 1.82) is 0 Å². The summed E-state index contributed by atoms with van der Waals surface area (Å²) in [5.41, 5.74) is 6.13. The van der Waals surface area contributed by atoms with E-state index in [-0.39, 0.29) is 12.1 Å². The van der Waals surface area contributed by atoms with Crippen LogP contribution in [0.2, 0.25) is 0 Å². The molecule has 1 heterocycles. The van der Waals surface area contributed by atoms with Crippen molar-refractivity contribution in [2.45, 2.75) is 18.9 Å². The monoisotopic (exact) mass is 410 g/mol. The molecule has 0 bridgehead atoms. The molecule has 154 valence electrons. The van der Waals surface area contributed by atoms with Gasteiger partial charge in [-0.1, -0.05) is 36.4 Å². The van der Waals surface area contributed by atoms with Gasteiger partial charge in [0.2, 0.25) is 5.91 Å². The fourth-order valence-electron chi connectivity index (χ4n) is 3.40. The van der Waals surface area contributed by atoms with Gasteiger partial charge in [-0.05, 0) is 30.0 Å². The fraction of sp³-hybridized carbons (Fsp3) is 0.182. The molecule has 0 radical (unpaired) electrons. The van der Waals surface area contributed by atoms with Crippen molar-refractivity contribution in [3.8, 4) is 0 Å². The van der Waals surface area contributed by atoms with Crippen molar-refractivity contribution in [3.63, 3.8) is 0 Å². The quantitative estimate of drug-likeness (QED) is 0.716. The van der Waals surface area contributed by atoms with Crippen LogP contribution in [0.15, 0.2) is 67.3 Å². The third kappa shape index (κ3) is 5.02. The van der Waals surface area contributed by atoms with Gasteiger partial charge in [0, 0.05) is 18.5 Å². The van der Waals surface area contributed by atoms with Crippen LogP contribution in [-0.4, -0.2) is 33.2 Å². The standard InChI is InChI=1S/C16H14F2N4O2.C6H6/c17-10-3-12-11(13(18)4-10)1-2-14(12)22(7-15(19)23)16(24)9-5-20-8-21-6-9;1-2-4-6-5-3-1/h3-6,8,14H,1-2,7H2,(H2,19,23);1-6H. The van der Waals surface area contributed by atoms with E-state index in [0.717, 1.165) is 6.07 Å². The van der Waals surface area contributed by atoms with Gasteiger partial charge < -0.3 is 10.6 Å². The molecule has 2 N–H and O–H groups in total. The Balaban J connectivity index is 0.000000367. The van der Waals surface area contributed by atoms with E-state index in [4.69, 9.17) is 5.73 Å². The lowest BCUT2D eigenvalue weighted by atomic mass is 10.1. The second kappa shape index (κ2) is 9.69. The normalized spacial score (nSPS) is 14.3. The van der Waals surface area contributed by atoms with Crippen molar-refractivity contribution in [1.82, 2.24) is 14.9 Å². The maximum atomic E-state index is 13.9. The molecule has 2 aromatic carbocycles. The fourth-order valence-corrected chi connectivity index (χ4v) is 3.40. The van der Waals surface area contributed by atoms with Crippen LogP contribution < -0.4 is 5.73 Å². The minimum atomic E-state index is -0.729. The lowest BCUT2D eigenvalue weighted by Crippen LogP contribution is -2.40. The second-order valence-corrected chi connectivity index (χ2v) is 6.69. The molecule has 0 fully saturated rings. The Kier molecular flexibility index (Phi) is 6.79. The summed E-state index contributed by atoms with van der Waals surface area (Å²) in [6.07, 6.45) is 4.61. The number of carbonyl (C=O) groups excluding carboxylic acids is 2. The average Bonchev–Trinajstić information content (AvgIpc) is 3.17. The number of primary amides is 1. The Morgan fingerprint density at radius 3 is 2.20 bits per heavy atom. The predicted octanol–water partition coefficient (Wildman–Crippen LogP) is 3.06. The molecule has 8 heteroatoms. The predicted molar refractivity (Wildman–Crippen MR) is 106 cm³/mol. The van der Waals surface area contributed by atoms with Gasteiger partial charge >= 0.3 is 0 Å². The summed E-state index contributed by atoms with van der Waals surface area (Å²) in [7, 11) is 0. The highest BCUT2D eigenvalue weighted by Crippen LogP contribution is 2.38. The Hall–Kier alpha value is -3.68. The maximum absolute atomic E-state index is 13.9. The Labute approximate surface area is 172 Å². The molecule has 1 aromatic heterocycles. The summed E-state index contributed by atoms with van der Waals surface area (Å²) in [5, 5.41) is 0. The molecule has 6 nitrogen and oxygen atoms in total. The first-order valence-corrected chi connectivity index (χ1v) is 9.29.